The Morgan fingerprint density at radius 1 is 1.22 bits per heavy atom. The van der Waals surface area contributed by atoms with Crippen LogP contribution in [-0.4, -0.2) is 49.5 Å². The van der Waals surface area contributed by atoms with Crippen molar-refractivity contribution in [3.8, 4) is 11.5 Å². The summed E-state index contributed by atoms with van der Waals surface area (Å²) in [6.07, 6.45) is 5.02. The van der Waals surface area contributed by atoms with Crippen molar-refractivity contribution in [2.24, 2.45) is 0 Å². The molecular formula is C16H23NO6. The normalized spacial score (nSPS) is 9.87. The standard InChI is InChI=1S/C14H21NO2.C2H2O4/c1-4-6-12-7-8-13(14(11-12)16-3)17-10-5-9-15-2;3-1(4)2(5)6/h4,6-8,11,15H,5,9-10H2,1-3H3;(H,3,4)(H,5,6)/b6-4+;. The van der Waals surface area contributed by atoms with Crippen molar-refractivity contribution in [1.29, 1.82) is 0 Å². The van der Waals surface area contributed by atoms with Gasteiger partial charge >= 0.3 is 11.9 Å². The van der Waals surface area contributed by atoms with E-state index in [0.29, 0.717) is 6.61 Å². The smallest absolute Gasteiger partial charge is 0.414 e. The molecule has 0 aliphatic rings. The summed E-state index contributed by atoms with van der Waals surface area (Å²) in [6, 6.07) is 5.96. The monoisotopic (exact) mass is 325 g/mol. The molecule has 0 saturated heterocycles. The van der Waals surface area contributed by atoms with Gasteiger partial charge in [-0.2, -0.15) is 0 Å². The van der Waals surface area contributed by atoms with Crippen molar-refractivity contribution in [2.45, 2.75) is 13.3 Å². The van der Waals surface area contributed by atoms with Gasteiger partial charge in [-0.15, -0.1) is 0 Å². The minimum Gasteiger partial charge on any atom is -0.493 e. The van der Waals surface area contributed by atoms with Crippen LogP contribution in [0.2, 0.25) is 0 Å². The molecule has 1 aromatic carbocycles. The number of carboxylic acid groups (broad SMARTS) is 2. The molecular weight excluding hydrogens is 302 g/mol. The number of aliphatic carboxylic acids is 2. The minimum absolute atomic E-state index is 0.695. The van der Waals surface area contributed by atoms with Crippen molar-refractivity contribution in [2.75, 3.05) is 27.3 Å². The number of rotatable bonds is 7. The molecule has 3 N–H and O–H groups in total. The van der Waals surface area contributed by atoms with Crippen LogP contribution in [0.3, 0.4) is 0 Å². The van der Waals surface area contributed by atoms with Crippen molar-refractivity contribution in [3.05, 3.63) is 29.8 Å². The van der Waals surface area contributed by atoms with E-state index < -0.39 is 11.9 Å². The van der Waals surface area contributed by atoms with Crippen LogP contribution in [0.5, 0.6) is 11.5 Å². The zero-order valence-electron chi connectivity index (χ0n) is 13.5. The molecule has 7 nitrogen and oxygen atoms in total. The van der Waals surface area contributed by atoms with Crippen molar-refractivity contribution >= 4 is 18.0 Å². The van der Waals surface area contributed by atoms with Crippen LogP contribution in [0.25, 0.3) is 6.08 Å². The summed E-state index contributed by atoms with van der Waals surface area (Å²) in [5, 5.41) is 17.9. The lowest BCUT2D eigenvalue weighted by Gasteiger charge is -2.11. The lowest BCUT2D eigenvalue weighted by molar-refractivity contribution is -0.159. The molecule has 0 unspecified atom stereocenters. The summed E-state index contributed by atoms with van der Waals surface area (Å²) < 4.78 is 11.0. The molecule has 0 atom stereocenters. The average Bonchev–Trinajstić information content (AvgIpc) is 2.53. The Hall–Kier alpha value is -2.54. The molecule has 0 amide bonds. The van der Waals surface area contributed by atoms with Crippen LogP contribution in [-0.2, 0) is 9.59 Å². The molecule has 128 valence electrons. The minimum atomic E-state index is -1.82. The summed E-state index contributed by atoms with van der Waals surface area (Å²) >= 11 is 0. The van der Waals surface area contributed by atoms with Gasteiger partial charge in [0.05, 0.1) is 13.7 Å². The molecule has 0 aromatic heterocycles. The maximum absolute atomic E-state index is 9.10. The predicted octanol–water partition coefficient (Wildman–Crippen LogP) is 1.87. The number of carbonyl (C=O) groups is 2. The highest BCUT2D eigenvalue weighted by Gasteiger charge is 2.04. The number of ether oxygens (including phenoxy) is 2. The SMILES string of the molecule is C/C=C/c1ccc(OCCCNC)c(OC)c1.O=C(O)C(=O)O. The zero-order chi connectivity index (χ0) is 17.7. The second-order valence-corrected chi connectivity index (χ2v) is 4.33. The maximum Gasteiger partial charge on any atom is 0.414 e. The highest BCUT2D eigenvalue weighted by Crippen LogP contribution is 2.28. The highest BCUT2D eigenvalue weighted by molar-refractivity contribution is 6.27. The molecule has 7 heteroatoms. The third kappa shape index (κ3) is 9.15. The second-order valence-electron chi connectivity index (χ2n) is 4.33. The van der Waals surface area contributed by atoms with Gasteiger partial charge in [0.15, 0.2) is 11.5 Å². The predicted molar refractivity (Wildman–Crippen MR) is 87.0 cm³/mol. The van der Waals surface area contributed by atoms with Crippen LogP contribution in [0.15, 0.2) is 24.3 Å². The van der Waals surface area contributed by atoms with E-state index in [-0.39, 0.29) is 0 Å². The number of allylic oxidation sites excluding steroid dienone is 1. The topological polar surface area (TPSA) is 105 Å². The van der Waals surface area contributed by atoms with E-state index in [4.69, 9.17) is 29.3 Å². The number of nitrogens with one attached hydrogen (secondary N) is 1. The third-order valence-electron chi connectivity index (χ3n) is 2.56. The average molecular weight is 325 g/mol. The van der Waals surface area contributed by atoms with Crippen LogP contribution in [0.4, 0.5) is 0 Å². The Morgan fingerprint density at radius 3 is 2.35 bits per heavy atom. The van der Waals surface area contributed by atoms with Crippen LogP contribution in [0.1, 0.15) is 18.9 Å². The van der Waals surface area contributed by atoms with E-state index in [1.807, 2.05) is 44.3 Å². The van der Waals surface area contributed by atoms with Gasteiger partial charge in [-0.3, -0.25) is 0 Å². The van der Waals surface area contributed by atoms with Gasteiger partial charge in [-0.25, -0.2) is 9.59 Å². The Balaban J connectivity index is 0.000000688. The molecule has 0 aliphatic carbocycles. The van der Waals surface area contributed by atoms with Gasteiger partial charge in [0, 0.05) is 0 Å². The maximum atomic E-state index is 9.10. The summed E-state index contributed by atoms with van der Waals surface area (Å²) in [6.45, 7) is 3.65. The molecule has 0 radical (unpaired) electrons. The molecule has 23 heavy (non-hydrogen) atoms. The van der Waals surface area contributed by atoms with Crippen LogP contribution >= 0.6 is 0 Å². The zero-order valence-corrected chi connectivity index (χ0v) is 13.5. The molecule has 0 spiro atoms. The van der Waals surface area contributed by atoms with Gasteiger partial charge in [0.2, 0.25) is 0 Å². The van der Waals surface area contributed by atoms with Gasteiger partial charge in [0.25, 0.3) is 0 Å². The highest BCUT2D eigenvalue weighted by atomic mass is 16.5. The van der Waals surface area contributed by atoms with E-state index in [1.54, 1.807) is 7.11 Å². The first-order valence-corrected chi connectivity index (χ1v) is 7.00. The summed E-state index contributed by atoms with van der Waals surface area (Å²) in [5.41, 5.74) is 1.12. The first-order chi connectivity index (χ1) is 11.0. The number of methoxy groups -OCH3 is 1. The van der Waals surface area contributed by atoms with Crippen molar-refractivity contribution in [1.82, 2.24) is 5.32 Å². The number of hydrogen-bond donors (Lipinski definition) is 3. The van der Waals surface area contributed by atoms with E-state index in [2.05, 4.69) is 5.32 Å². The molecule has 1 rings (SSSR count). The van der Waals surface area contributed by atoms with Crippen molar-refractivity contribution in [3.63, 3.8) is 0 Å². The van der Waals surface area contributed by atoms with Gasteiger partial charge in [-0.05, 0) is 44.6 Å². The molecule has 0 fully saturated rings. The van der Waals surface area contributed by atoms with Crippen molar-refractivity contribution < 1.29 is 29.3 Å². The lowest BCUT2D eigenvalue weighted by atomic mass is 10.2. The quantitative estimate of drug-likeness (QED) is 0.519. The fraction of sp³-hybridized carbons (Fsp3) is 0.375. The van der Waals surface area contributed by atoms with E-state index >= 15 is 0 Å². The number of carboxylic acids is 2. The summed E-state index contributed by atoms with van der Waals surface area (Å²) in [4.78, 5) is 18.2. The Bertz CT molecular complexity index is 515. The fourth-order valence-corrected chi connectivity index (χ4v) is 1.53. The third-order valence-corrected chi connectivity index (χ3v) is 2.56. The number of hydrogen-bond acceptors (Lipinski definition) is 5. The summed E-state index contributed by atoms with van der Waals surface area (Å²) in [5.74, 6) is -2.06. The van der Waals surface area contributed by atoms with E-state index in [0.717, 1.165) is 30.0 Å². The Kier molecular flexibility index (Phi) is 10.7. The van der Waals surface area contributed by atoms with E-state index in [9.17, 15) is 0 Å². The molecule has 1 aromatic rings. The van der Waals surface area contributed by atoms with Crippen LogP contribution < -0.4 is 14.8 Å². The summed E-state index contributed by atoms with van der Waals surface area (Å²) in [7, 11) is 3.60. The Labute approximate surface area is 135 Å². The van der Waals surface area contributed by atoms with Gasteiger partial charge in [-0.1, -0.05) is 18.2 Å². The van der Waals surface area contributed by atoms with Gasteiger partial charge in [0.1, 0.15) is 0 Å². The second kappa shape index (κ2) is 12.0. The Morgan fingerprint density at radius 2 is 1.87 bits per heavy atom. The van der Waals surface area contributed by atoms with E-state index in [1.165, 1.54) is 0 Å². The fourth-order valence-electron chi connectivity index (χ4n) is 1.53. The molecule has 0 aliphatic heterocycles. The largest absolute Gasteiger partial charge is 0.493 e. The molecule has 0 saturated carbocycles. The molecule has 0 heterocycles. The first kappa shape index (κ1) is 20.5. The van der Waals surface area contributed by atoms with Crippen LogP contribution in [0, 0.1) is 0 Å². The first-order valence-electron chi connectivity index (χ1n) is 7.00. The van der Waals surface area contributed by atoms with Gasteiger partial charge < -0.3 is 25.0 Å². The molecule has 0 bridgehead atoms. The lowest BCUT2D eigenvalue weighted by Crippen LogP contribution is -2.11. The number of benzene rings is 1.